The number of ether oxygens (including phenoxy) is 5. The van der Waals surface area contributed by atoms with Crippen LogP contribution in [0.1, 0.15) is 11.1 Å². The third-order valence-corrected chi connectivity index (χ3v) is 4.34. The van der Waals surface area contributed by atoms with E-state index in [-0.39, 0.29) is 12.3 Å². The first kappa shape index (κ1) is 23.8. The third-order valence-electron chi connectivity index (χ3n) is 4.34. The van der Waals surface area contributed by atoms with Gasteiger partial charge in [-0.1, -0.05) is 0 Å². The zero-order chi connectivity index (χ0) is 22.8. The highest BCUT2D eigenvalue weighted by molar-refractivity contribution is 5.79. The van der Waals surface area contributed by atoms with E-state index in [1.165, 1.54) is 20.3 Å². The predicted molar refractivity (Wildman–Crippen MR) is 113 cm³/mol. The van der Waals surface area contributed by atoms with Gasteiger partial charge in [-0.05, 0) is 35.9 Å². The summed E-state index contributed by atoms with van der Waals surface area (Å²) in [5.74, 6) is 2.61. The molecule has 2 aromatic rings. The summed E-state index contributed by atoms with van der Waals surface area (Å²) in [7, 11) is 7.73. The Hall–Kier alpha value is -3.43. The zero-order valence-corrected chi connectivity index (χ0v) is 18.1. The summed E-state index contributed by atoms with van der Waals surface area (Å²) in [6.45, 7) is -2.34. The molecule has 0 spiro atoms. The Morgan fingerprint density at radius 1 is 0.871 bits per heavy atom. The lowest BCUT2D eigenvalue weighted by Gasteiger charge is -2.17. The average Bonchev–Trinajstić information content (AvgIpc) is 2.78. The minimum Gasteiger partial charge on any atom is -0.497 e. The number of hydrogen-bond donors (Lipinski definition) is 2. The molecule has 8 nitrogen and oxygen atoms in total. The van der Waals surface area contributed by atoms with E-state index in [9.17, 15) is 8.78 Å². The Morgan fingerprint density at radius 3 is 2.03 bits per heavy atom. The zero-order valence-electron chi connectivity index (χ0n) is 18.1. The van der Waals surface area contributed by atoms with Crippen molar-refractivity contribution in [3.05, 3.63) is 41.5 Å². The minimum atomic E-state index is -2.93. The fourth-order valence-electron chi connectivity index (χ4n) is 2.85. The van der Waals surface area contributed by atoms with Crippen LogP contribution in [0.3, 0.4) is 0 Å². The smallest absolute Gasteiger partial charge is 0.387 e. The molecular weight excluding hydrogens is 412 g/mol. The summed E-state index contributed by atoms with van der Waals surface area (Å²) in [5.41, 5.74) is 1.36. The maximum absolute atomic E-state index is 12.7. The number of hydrogen-bond acceptors (Lipinski definition) is 6. The highest BCUT2D eigenvalue weighted by Crippen LogP contribution is 2.38. The molecule has 0 saturated heterocycles. The van der Waals surface area contributed by atoms with Crippen molar-refractivity contribution in [1.82, 2.24) is 10.6 Å². The summed E-state index contributed by atoms with van der Waals surface area (Å²) in [5, 5.41) is 6.22. The van der Waals surface area contributed by atoms with Gasteiger partial charge in [0.05, 0.1) is 28.4 Å². The first-order valence-electron chi connectivity index (χ1n) is 9.30. The van der Waals surface area contributed by atoms with Gasteiger partial charge in [-0.3, -0.25) is 4.99 Å². The first-order valence-corrected chi connectivity index (χ1v) is 9.30. The summed E-state index contributed by atoms with van der Waals surface area (Å²) in [6, 6.07) is 8.25. The number of aliphatic imine (C=N–C) groups is 1. The molecule has 0 heterocycles. The molecule has 0 unspecified atom stereocenters. The van der Waals surface area contributed by atoms with E-state index in [0.717, 1.165) is 5.56 Å². The fourth-order valence-corrected chi connectivity index (χ4v) is 2.85. The number of halogens is 2. The van der Waals surface area contributed by atoms with Gasteiger partial charge in [0.15, 0.2) is 17.5 Å². The van der Waals surface area contributed by atoms with E-state index in [1.807, 2.05) is 12.1 Å². The molecule has 170 valence electrons. The van der Waals surface area contributed by atoms with Crippen molar-refractivity contribution in [2.45, 2.75) is 19.7 Å². The van der Waals surface area contributed by atoms with E-state index in [2.05, 4.69) is 20.4 Å². The van der Waals surface area contributed by atoms with Crippen molar-refractivity contribution in [3.63, 3.8) is 0 Å². The van der Waals surface area contributed by atoms with Crippen molar-refractivity contribution in [2.75, 3.05) is 35.5 Å². The largest absolute Gasteiger partial charge is 0.497 e. The number of alkyl halides is 2. The van der Waals surface area contributed by atoms with Crippen LogP contribution in [0.15, 0.2) is 35.3 Å². The molecule has 0 aliphatic rings. The molecule has 0 bridgehead atoms. The van der Waals surface area contributed by atoms with Crippen molar-refractivity contribution in [3.8, 4) is 28.7 Å². The van der Waals surface area contributed by atoms with Crippen molar-refractivity contribution >= 4 is 5.96 Å². The van der Waals surface area contributed by atoms with Gasteiger partial charge in [0.25, 0.3) is 0 Å². The van der Waals surface area contributed by atoms with Crippen LogP contribution in [0.2, 0.25) is 0 Å². The Bertz CT molecular complexity index is 868. The normalized spacial score (nSPS) is 11.2. The molecular formula is C21H27F2N3O5. The Balaban J connectivity index is 2.09. The quantitative estimate of drug-likeness (QED) is 0.435. The molecule has 0 fully saturated rings. The number of rotatable bonds is 10. The van der Waals surface area contributed by atoms with Crippen molar-refractivity contribution < 1.29 is 32.5 Å². The van der Waals surface area contributed by atoms with Gasteiger partial charge in [0.1, 0.15) is 11.5 Å². The van der Waals surface area contributed by atoms with Gasteiger partial charge >= 0.3 is 6.61 Å². The van der Waals surface area contributed by atoms with Gasteiger partial charge in [-0.15, -0.1) is 0 Å². The van der Waals surface area contributed by atoms with Crippen LogP contribution in [0.25, 0.3) is 0 Å². The lowest BCUT2D eigenvalue weighted by molar-refractivity contribution is -0.0505. The van der Waals surface area contributed by atoms with E-state index in [1.54, 1.807) is 33.4 Å². The molecule has 0 aromatic heterocycles. The SMILES string of the molecule is CN=C(NCc1cc(OC)c(OC)c(OC)c1)NCc1cc(OC)ccc1OC(F)F. The molecule has 2 aromatic carbocycles. The summed E-state index contributed by atoms with van der Waals surface area (Å²) in [4.78, 5) is 4.16. The number of nitrogens with one attached hydrogen (secondary N) is 2. The predicted octanol–water partition coefficient (Wildman–Crippen LogP) is 3.19. The van der Waals surface area contributed by atoms with Crippen LogP contribution in [0, 0.1) is 0 Å². The van der Waals surface area contributed by atoms with E-state index in [4.69, 9.17) is 18.9 Å². The van der Waals surface area contributed by atoms with Crippen LogP contribution in [-0.2, 0) is 13.1 Å². The van der Waals surface area contributed by atoms with Crippen LogP contribution in [0.5, 0.6) is 28.7 Å². The monoisotopic (exact) mass is 439 g/mol. The molecule has 2 rings (SSSR count). The average molecular weight is 439 g/mol. The van der Waals surface area contributed by atoms with Crippen LogP contribution in [-0.4, -0.2) is 48.1 Å². The lowest BCUT2D eigenvalue weighted by Crippen LogP contribution is -2.36. The number of guanidine groups is 1. The molecule has 0 amide bonds. The molecule has 31 heavy (non-hydrogen) atoms. The van der Waals surface area contributed by atoms with Gasteiger partial charge in [-0.25, -0.2) is 0 Å². The lowest BCUT2D eigenvalue weighted by atomic mass is 10.1. The Kier molecular flexibility index (Phi) is 8.98. The maximum Gasteiger partial charge on any atom is 0.387 e. The standard InChI is InChI=1S/C21H27F2N3O5/c1-24-21(25-11-13-8-17(28-3)19(30-5)18(9-13)29-4)26-12-14-10-15(27-2)6-7-16(14)31-20(22)23/h6-10,20H,11-12H2,1-5H3,(H2,24,25,26). The second kappa shape index (κ2) is 11.7. The van der Waals surface area contributed by atoms with E-state index in [0.29, 0.717) is 41.1 Å². The van der Waals surface area contributed by atoms with Gasteiger partial charge in [0, 0.05) is 25.7 Å². The second-order valence-electron chi connectivity index (χ2n) is 6.17. The van der Waals surface area contributed by atoms with Gasteiger partial charge in [-0.2, -0.15) is 8.78 Å². The van der Waals surface area contributed by atoms with Crippen LogP contribution < -0.4 is 34.3 Å². The summed E-state index contributed by atoms with van der Waals surface area (Å²) >= 11 is 0. The molecule has 2 N–H and O–H groups in total. The van der Waals surface area contributed by atoms with E-state index >= 15 is 0 Å². The van der Waals surface area contributed by atoms with E-state index < -0.39 is 6.61 Å². The maximum atomic E-state index is 12.7. The van der Waals surface area contributed by atoms with Crippen molar-refractivity contribution in [2.24, 2.45) is 4.99 Å². The Morgan fingerprint density at radius 2 is 1.52 bits per heavy atom. The van der Waals surface area contributed by atoms with Crippen molar-refractivity contribution in [1.29, 1.82) is 0 Å². The molecule has 10 heteroatoms. The molecule has 0 atom stereocenters. The Labute approximate surface area is 180 Å². The topological polar surface area (TPSA) is 82.6 Å². The summed E-state index contributed by atoms with van der Waals surface area (Å²) < 4.78 is 51.2. The first-order chi connectivity index (χ1) is 14.9. The molecule has 0 aliphatic heterocycles. The second-order valence-corrected chi connectivity index (χ2v) is 6.17. The number of benzene rings is 2. The number of methoxy groups -OCH3 is 4. The molecule has 0 radical (unpaired) electrons. The van der Waals surface area contributed by atoms with Crippen LogP contribution >= 0.6 is 0 Å². The highest BCUT2D eigenvalue weighted by Gasteiger charge is 2.14. The minimum absolute atomic E-state index is 0.0587. The molecule has 0 aliphatic carbocycles. The van der Waals surface area contributed by atoms with Crippen LogP contribution in [0.4, 0.5) is 8.78 Å². The summed E-state index contributed by atoms with van der Waals surface area (Å²) in [6.07, 6.45) is 0. The number of nitrogens with zero attached hydrogens (tertiary/aromatic N) is 1. The fraction of sp³-hybridized carbons (Fsp3) is 0.381. The van der Waals surface area contributed by atoms with Gasteiger partial charge < -0.3 is 34.3 Å². The molecule has 0 saturated carbocycles. The van der Waals surface area contributed by atoms with Gasteiger partial charge in [0.2, 0.25) is 5.75 Å². The third kappa shape index (κ3) is 6.53. The highest BCUT2D eigenvalue weighted by atomic mass is 19.3.